The first-order valence-corrected chi connectivity index (χ1v) is 10.2. The van der Waals surface area contributed by atoms with E-state index in [1.807, 2.05) is 6.08 Å². The molecule has 1 aliphatic heterocycles. The predicted molar refractivity (Wildman–Crippen MR) is 123 cm³/mol. The smallest absolute Gasteiger partial charge is 0.497 e. The minimum atomic E-state index is -4.85. The molecule has 0 unspecified atom stereocenters. The van der Waals surface area contributed by atoms with E-state index in [-0.39, 0.29) is 12.2 Å². The molecule has 0 bridgehead atoms. The second kappa shape index (κ2) is 9.20. The third kappa shape index (κ3) is 4.75. The Labute approximate surface area is 195 Å². The van der Waals surface area contributed by atoms with Crippen molar-refractivity contribution in [1.29, 1.82) is 0 Å². The molecule has 0 aromatic heterocycles. The quantitative estimate of drug-likeness (QED) is 0.387. The molecular formula is C24H24F3N3O4. The number of alkyl halides is 3. The first kappa shape index (κ1) is 24.8. The lowest BCUT2D eigenvalue weighted by Gasteiger charge is -2.29. The fourth-order valence-corrected chi connectivity index (χ4v) is 3.67. The van der Waals surface area contributed by atoms with Gasteiger partial charge in [0.25, 0.3) is 5.91 Å². The normalized spacial score (nSPS) is 16.1. The maximum atomic E-state index is 13.3. The summed E-state index contributed by atoms with van der Waals surface area (Å²) >= 11 is 0. The van der Waals surface area contributed by atoms with Gasteiger partial charge in [0.15, 0.2) is 0 Å². The van der Waals surface area contributed by atoms with Crippen molar-refractivity contribution in [3.8, 4) is 11.5 Å². The molecule has 34 heavy (non-hydrogen) atoms. The van der Waals surface area contributed by atoms with E-state index >= 15 is 0 Å². The Balaban J connectivity index is 1.93. The number of rotatable bonds is 7. The van der Waals surface area contributed by atoms with Gasteiger partial charge in [-0.05, 0) is 75.5 Å². The molecule has 0 saturated carbocycles. The molecule has 1 aliphatic rings. The van der Waals surface area contributed by atoms with Crippen molar-refractivity contribution in [1.82, 2.24) is 4.90 Å². The van der Waals surface area contributed by atoms with Gasteiger partial charge in [-0.25, -0.2) is 9.69 Å². The number of anilines is 1. The zero-order valence-corrected chi connectivity index (χ0v) is 19.1. The van der Waals surface area contributed by atoms with Crippen LogP contribution in [0.15, 0.2) is 53.5 Å². The van der Waals surface area contributed by atoms with E-state index in [0.29, 0.717) is 22.6 Å². The Morgan fingerprint density at radius 3 is 2.26 bits per heavy atom. The molecular weight excluding hydrogens is 451 g/mol. The topological polar surface area (TPSA) is 71.4 Å². The summed E-state index contributed by atoms with van der Waals surface area (Å²) in [5.74, 6) is -0.372. The highest BCUT2D eigenvalue weighted by molar-refractivity contribution is 6.23. The fraction of sp³-hybridized carbons (Fsp3) is 0.292. The van der Waals surface area contributed by atoms with Gasteiger partial charge in [0, 0.05) is 12.1 Å². The Morgan fingerprint density at radius 2 is 1.74 bits per heavy atom. The summed E-state index contributed by atoms with van der Waals surface area (Å²) in [5, 5.41) is 0. The van der Waals surface area contributed by atoms with Crippen molar-refractivity contribution in [3.05, 3.63) is 54.1 Å². The summed E-state index contributed by atoms with van der Waals surface area (Å²) < 4.78 is 46.5. The van der Waals surface area contributed by atoms with Crippen LogP contribution in [0.25, 0.3) is 5.57 Å². The highest BCUT2D eigenvalue weighted by atomic mass is 19.4. The summed E-state index contributed by atoms with van der Waals surface area (Å²) in [6, 6.07) is 9.21. The number of halogens is 3. The lowest BCUT2D eigenvalue weighted by atomic mass is 9.99. The molecule has 1 fully saturated rings. The Bertz CT molecular complexity index is 1140. The SMILES string of the molecule is C=Nc1ccc(OC)cc1/C(=C\C)CN1C(=O)N(c2ccc(OC(F)(F)F)cc2)C(=O)C1(C)C. The third-order valence-corrected chi connectivity index (χ3v) is 5.55. The van der Waals surface area contributed by atoms with Crippen LogP contribution in [0, 0.1) is 0 Å². The average molecular weight is 475 g/mol. The number of hydrogen-bond acceptors (Lipinski definition) is 5. The lowest BCUT2D eigenvalue weighted by molar-refractivity contribution is -0.274. The van der Waals surface area contributed by atoms with E-state index in [9.17, 15) is 22.8 Å². The van der Waals surface area contributed by atoms with Gasteiger partial charge >= 0.3 is 12.4 Å². The highest BCUT2D eigenvalue weighted by Crippen LogP contribution is 2.37. The third-order valence-electron chi connectivity index (χ3n) is 5.55. The monoisotopic (exact) mass is 475 g/mol. The number of hydrogen-bond donors (Lipinski definition) is 0. The van der Waals surface area contributed by atoms with Gasteiger partial charge in [0.05, 0.1) is 18.5 Å². The van der Waals surface area contributed by atoms with Gasteiger partial charge in [-0.1, -0.05) is 6.08 Å². The fourth-order valence-electron chi connectivity index (χ4n) is 3.67. The Hall–Kier alpha value is -3.82. The number of amides is 3. The van der Waals surface area contributed by atoms with Gasteiger partial charge in [-0.3, -0.25) is 9.79 Å². The van der Waals surface area contributed by atoms with Crippen LogP contribution in [0.2, 0.25) is 0 Å². The molecule has 7 nitrogen and oxygen atoms in total. The summed E-state index contributed by atoms with van der Waals surface area (Å²) in [6.07, 6.45) is -3.04. The first-order chi connectivity index (χ1) is 15.9. The number of imide groups is 1. The van der Waals surface area contributed by atoms with Crippen molar-refractivity contribution in [2.75, 3.05) is 18.6 Å². The standard InChI is InChI=1S/C24H24F3N3O4/c1-6-15(19-13-18(33-5)11-12-20(19)28-4)14-29-22(32)30(21(31)23(29,2)3)16-7-9-17(10-8-16)34-24(25,26)27/h6-13H,4,14H2,1-3,5H3/b15-6-. The molecule has 180 valence electrons. The van der Waals surface area contributed by atoms with Gasteiger partial charge in [-0.2, -0.15) is 0 Å². The molecule has 0 aliphatic carbocycles. The number of urea groups is 1. The van der Waals surface area contributed by atoms with Crippen LogP contribution >= 0.6 is 0 Å². The molecule has 0 radical (unpaired) electrons. The van der Waals surface area contributed by atoms with Crippen LogP contribution < -0.4 is 14.4 Å². The molecule has 3 rings (SSSR count). The summed E-state index contributed by atoms with van der Waals surface area (Å²) in [5.41, 5.74) is 0.915. The minimum absolute atomic E-state index is 0.0789. The average Bonchev–Trinajstić information content (AvgIpc) is 2.95. The second-order valence-corrected chi connectivity index (χ2v) is 7.97. The summed E-state index contributed by atoms with van der Waals surface area (Å²) in [7, 11) is 1.53. The minimum Gasteiger partial charge on any atom is -0.497 e. The number of ether oxygens (including phenoxy) is 2. The van der Waals surface area contributed by atoms with Gasteiger partial charge in [0.1, 0.15) is 17.0 Å². The second-order valence-electron chi connectivity index (χ2n) is 7.97. The molecule has 1 heterocycles. The lowest BCUT2D eigenvalue weighted by Crippen LogP contribution is -2.44. The van der Waals surface area contributed by atoms with E-state index in [4.69, 9.17) is 4.74 Å². The molecule has 0 atom stereocenters. The number of carbonyl (C=O) groups is 2. The molecule has 2 aromatic rings. The van der Waals surface area contributed by atoms with Gasteiger partial charge in [-0.15, -0.1) is 13.2 Å². The molecule has 3 amide bonds. The van der Waals surface area contributed by atoms with Crippen molar-refractivity contribution in [2.24, 2.45) is 4.99 Å². The maximum Gasteiger partial charge on any atom is 0.573 e. The molecule has 1 saturated heterocycles. The number of carbonyl (C=O) groups excluding carboxylic acids is 2. The van der Waals surface area contributed by atoms with Crippen LogP contribution in [0.1, 0.15) is 26.3 Å². The largest absolute Gasteiger partial charge is 0.573 e. The first-order valence-electron chi connectivity index (χ1n) is 10.2. The molecule has 10 heteroatoms. The van der Waals surface area contributed by atoms with E-state index in [1.165, 1.54) is 24.1 Å². The van der Waals surface area contributed by atoms with Crippen LogP contribution in [0.3, 0.4) is 0 Å². The molecule has 2 aromatic carbocycles. The zero-order valence-electron chi connectivity index (χ0n) is 19.1. The predicted octanol–water partition coefficient (Wildman–Crippen LogP) is 5.58. The van der Waals surface area contributed by atoms with Crippen LogP contribution in [0.5, 0.6) is 11.5 Å². The van der Waals surface area contributed by atoms with Crippen molar-refractivity contribution in [2.45, 2.75) is 32.7 Å². The number of methoxy groups -OCH3 is 1. The number of aliphatic imine (C=N–C) groups is 1. The number of benzene rings is 2. The van der Waals surface area contributed by atoms with Crippen molar-refractivity contribution in [3.63, 3.8) is 0 Å². The van der Waals surface area contributed by atoms with Crippen molar-refractivity contribution >= 4 is 35.6 Å². The Morgan fingerprint density at radius 1 is 1.12 bits per heavy atom. The van der Waals surface area contributed by atoms with E-state index < -0.39 is 29.6 Å². The van der Waals surface area contributed by atoms with Gasteiger partial charge in [0.2, 0.25) is 0 Å². The van der Waals surface area contributed by atoms with E-state index in [0.717, 1.165) is 17.0 Å². The van der Waals surface area contributed by atoms with Gasteiger partial charge < -0.3 is 14.4 Å². The maximum absolute atomic E-state index is 13.3. The van der Waals surface area contributed by atoms with Crippen molar-refractivity contribution < 1.29 is 32.2 Å². The van der Waals surface area contributed by atoms with Crippen LogP contribution in [-0.2, 0) is 4.79 Å². The summed E-state index contributed by atoms with van der Waals surface area (Å²) in [4.78, 5) is 32.9. The molecule has 0 N–H and O–H groups in total. The van der Waals surface area contributed by atoms with E-state index in [1.54, 1.807) is 39.0 Å². The highest BCUT2D eigenvalue weighted by Gasteiger charge is 2.52. The number of allylic oxidation sites excluding steroid dienone is 1. The number of nitrogens with zero attached hydrogens (tertiary/aromatic N) is 3. The van der Waals surface area contributed by atoms with E-state index in [2.05, 4.69) is 16.4 Å². The Kier molecular flexibility index (Phi) is 6.72. The van der Waals surface area contributed by atoms with Crippen LogP contribution in [-0.4, -0.2) is 49.1 Å². The summed E-state index contributed by atoms with van der Waals surface area (Å²) in [6.45, 7) is 8.69. The molecule has 0 spiro atoms. The zero-order chi connectivity index (χ0) is 25.3. The van der Waals surface area contributed by atoms with Crippen LogP contribution in [0.4, 0.5) is 29.3 Å².